The maximum atomic E-state index is 13.1. The monoisotopic (exact) mass is 604 g/mol. The second-order valence-corrected chi connectivity index (χ2v) is 11.5. The highest BCUT2D eigenvalue weighted by atomic mass is 32.2. The van der Waals surface area contributed by atoms with Gasteiger partial charge in [0.1, 0.15) is 37.0 Å². The zero-order chi connectivity index (χ0) is 28.4. The molecule has 2 amide bonds. The first-order valence-electron chi connectivity index (χ1n) is 12.1. The molecule has 3 aromatic rings. The number of carboxylic acids is 1. The molecular weight excluding hydrogens is 581 g/mol. The third-order valence-electron chi connectivity index (χ3n) is 6.04. The van der Waals surface area contributed by atoms with E-state index in [2.05, 4.69) is 19.8 Å². The highest BCUT2D eigenvalue weighted by molar-refractivity contribution is 8.00. The van der Waals surface area contributed by atoms with E-state index in [1.165, 1.54) is 23.5 Å². The third kappa shape index (κ3) is 5.24. The minimum atomic E-state index is -1.47. The molecule has 3 aromatic heterocycles. The third-order valence-corrected chi connectivity index (χ3v) is 8.94. The van der Waals surface area contributed by atoms with E-state index in [0.29, 0.717) is 17.1 Å². The SMILES string of the molecule is CCO/N=C(\C(=O)N[C@@H]1C(=O)N2C(C(=O)[O-])=C(C[n+]3ccn4c(SCCO)cccc43)CS[C@H]12)c1nsc(N)n1. The minimum absolute atomic E-state index is 0.0410. The summed E-state index contributed by atoms with van der Waals surface area (Å²) in [6.45, 7) is 2.14. The molecule has 2 atom stereocenters. The molecule has 14 nitrogen and oxygen atoms in total. The Balaban J connectivity index is 1.36. The number of imidazole rings is 1. The van der Waals surface area contributed by atoms with Gasteiger partial charge in [-0.15, -0.1) is 11.8 Å². The fraction of sp³-hybridized carbons (Fsp3) is 0.348. The summed E-state index contributed by atoms with van der Waals surface area (Å²) in [7, 11) is 0. The molecule has 0 unspecified atom stereocenters. The summed E-state index contributed by atoms with van der Waals surface area (Å²) in [5, 5.41) is 28.2. The van der Waals surface area contributed by atoms with E-state index in [-0.39, 0.29) is 42.1 Å². The van der Waals surface area contributed by atoms with Crippen LogP contribution in [0.4, 0.5) is 5.13 Å². The molecule has 0 saturated carbocycles. The fourth-order valence-corrected chi connectivity index (χ4v) is 6.89. The van der Waals surface area contributed by atoms with E-state index < -0.39 is 29.2 Å². The summed E-state index contributed by atoms with van der Waals surface area (Å²) in [5.74, 6) is -2.00. The molecule has 0 aliphatic carbocycles. The number of thioether (sulfide) groups is 2. The molecule has 0 bridgehead atoms. The summed E-state index contributed by atoms with van der Waals surface area (Å²) in [6.07, 6.45) is 3.69. The van der Waals surface area contributed by atoms with Crippen LogP contribution in [0, 0.1) is 0 Å². The van der Waals surface area contributed by atoms with Gasteiger partial charge >= 0.3 is 0 Å². The Morgan fingerprint density at radius 2 is 2.25 bits per heavy atom. The van der Waals surface area contributed by atoms with Crippen molar-refractivity contribution in [1.29, 1.82) is 0 Å². The van der Waals surface area contributed by atoms with Gasteiger partial charge in [0.15, 0.2) is 10.2 Å². The van der Waals surface area contributed by atoms with Gasteiger partial charge in [0.05, 0.1) is 18.3 Å². The molecule has 2 aliphatic rings. The Labute approximate surface area is 240 Å². The van der Waals surface area contributed by atoms with Crippen LogP contribution in [0.25, 0.3) is 5.65 Å². The minimum Gasteiger partial charge on any atom is -0.543 e. The van der Waals surface area contributed by atoms with E-state index in [1.54, 1.807) is 6.92 Å². The van der Waals surface area contributed by atoms with Gasteiger partial charge in [0.25, 0.3) is 17.5 Å². The van der Waals surface area contributed by atoms with Crippen molar-refractivity contribution in [3.63, 3.8) is 0 Å². The standard InChI is InChI=1S/C23H24N8O6S3/c1-2-37-27-15(18-26-23(24)40-28-18)19(33)25-16-20(34)31-17(22(35)36)12(11-39-21(16)31)10-29-6-7-30-13(29)4-3-5-14(30)38-9-8-32/h3-7,16,21,32H,2,8-11H2,1H3,(H3-,24,25,26,28,33,35,36)/b27-15-/t16-,21-/m1/s1. The van der Waals surface area contributed by atoms with Gasteiger partial charge in [-0.1, -0.05) is 16.9 Å². The highest BCUT2D eigenvalue weighted by Crippen LogP contribution is 2.40. The Morgan fingerprint density at radius 3 is 2.95 bits per heavy atom. The number of β-lactam (4-membered cyclic amide) rings is 1. The summed E-state index contributed by atoms with van der Waals surface area (Å²) >= 11 is 3.71. The number of nitrogen functional groups attached to an aromatic ring is 1. The molecule has 0 spiro atoms. The molecule has 1 saturated heterocycles. The van der Waals surface area contributed by atoms with Crippen molar-refractivity contribution in [1.82, 2.24) is 24.0 Å². The van der Waals surface area contributed by atoms with Gasteiger partial charge in [0.2, 0.25) is 11.5 Å². The lowest BCUT2D eigenvalue weighted by Crippen LogP contribution is -2.71. The van der Waals surface area contributed by atoms with E-state index in [4.69, 9.17) is 10.6 Å². The molecule has 1 fully saturated rings. The molecular formula is C23H24N8O6S3. The number of nitrogens with one attached hydrogen (secondary N) is 1. The first-order chi connectivity index (χ1) is 19.3. The number of hydrogen-bond donors (Lipinski definition) is 3. The van der Waals surface area contributed by atoms with Gasteiger partial charge in [0, 0.05) is 34.7 Å². The Hall–Kier alpha value is -3.67. The molecule has 4 N–H and O–H groups in total. The van der Waals surface area contributed by atoms with Crippen molar-refractivity contribution >= 4 is 69.3 Å². The number of fused-ring (bicyclic) bond motifs is 2. The molecule has 5 rings (SSSR count). The number of oxime groups is 1. The van der Waals surface area contributed by atoms with E-state index in [1.807, 2.05) is 39.6 Å². The highest BCUT2D eigenvalue weighted by Gasteiger charge is 2.53. The molecule has 17 heteroatoms. The van der Waals surface area contributed by atoms with Crippen molar-refractivity contribution in [2.75, 3.05) is 30.5 Å². The first-order valence-corrected chi connectivity index (χ1v) is 14.9. The fourth-order valence-electron chi connectivity index (χ4n) is 4.35. The number of aliphatic hydroxyl groups is 1. The Bertz CT molecular complexity index is 1540. The summed E-state index contributed by atoms with van der Waals surface area (Å²) in [6, 6.07) is 4.72. The van der Waals surface area contributed by atoms with Crippen molar-refractivity contribution in [2.45, 2.75) is 29.9 Å². The lowest BCUT2D eigenvalue weighted by Gasteiger charge is -2.50. The molecule has 210 valence electrons. The molecule has 40 heavy (non-hydrogen) atoms. The van der Waals surface area contributed by atoms with Crippen molar-refractivity contribution < 1.29 is 34.0 Å². The lowest BCUT2D eigenvalue weighted by atomic mass is 10.0. The predicted octanol–water partition coefficient (Wildman–Crippen LogP) is -1.41. The first kappa shape index (κ1) is 27.9. The number of aromatic nitrogens is 4. The van der Waals surface area contributed by atoms with Gasteiger partial charge in [-0.05, 0) is 19.1 Å². The van der Waals surface area contributed by atoms with Gasteiger partial charge < -0.3 is 30.9 Å². The van der Waals surface area contributed by atoms with E-state index in [0.717, 1.165) is 27.1 Å². The van der Waals surface area contributed by atoms with Crippen LogP contribution in [0.2, 0.25) is 0 Å². The number of hydrogen-bond acceptors (Lipinski definition) is 13. The zero-order valence-electron chi connectivity index (χ0n) is 21.1. The number of carboxylic acid groups (broad SMARTS) is 1. The number of carbonyl (C=O) groups is 3. The number of rotatable bonds is 11. The van der Waals surface area contributed by atoms with Crippen LogP contribution < -0.4 is 20.7 Å². The number of carbonyl (C=O) groups excluding carboxylic acids is 3. The number of amides is 2. The van der Waals surface area contributed by atoms with Crippen LogP contribution in [-0.2, 0) is 25.8 Å². The predicted molar refractivity (Wildman–Crippen MR) is 145 cm³/mol. The van der Waals surface area contributed by atoms with Crippen LogP contribution in [-0.4, -0.2) is 83.4 Å². The number of pyridine rings is 1. The number of aliphatic hydroxyl groups excluding tert-OH is 1. The Kier molecular flexibility index (Phi) is 8.24. The quantitative estimate of drug-likeness (QED) is 0.0766. The van der Waals surface area contributed by atoms with Crippen LogP contribution in [0.15, 0.2) is 52.0 Å². The normalized spacial score (nSPS) is 19.0. The molecule has 2 aliphatic heterocycles. The topological polar surface area (TPSA) is 191 Å². The molecule has 0 aromatic carbocycles. The Morgan fingerprint density at radius 1 is 1.43 bits per heavy atom. The maximum absolute atomic E-state index is 13.1. The summed E-state index contributed by atoms with van der Waals surface area (Å²) in [5.41, 5.74) is 6.51. The maximum Gasteiger partial charge on any atom is 0.287 e. The smallest absolute Gasteiger partial charge is 0.287 e. The molecule has 0 radical (unpaired) electrons. The number of nitrogens with two attached hydrogens (primary N) is 1. The van der Waals surface area contributed by atoms with Crippen molar-refractivity contribution in [3.05, 3.63) is 47.7 Å². The largest absolute Gasteiger partial charge is 0.543 e. The number of nitrogens with zero attached hydrogens (tertiary/aromatic N) is 6. The van der Waals surface area contributed by atoms with E-state index in [9.17, 15) is 24.6 Å². The lowest BCUT2D eigenvalue weighted by molar-refractivity contribution is -0.662. The number of aliphatic carboxylic acids is 1. The van der Waals surface area contributed by atoms with Crippen molar-refractivity contribution in [3.8, 4) is 0 Å². The van der Waals surface area contributed by atoms with Gasteiger partial charge in [-0.3, -0.25) is 14.5 Å². The summed E-state index contributed by atoms with van der Waals surface area (Å²) in [4.78, 5) is 48.5. The average molecular weight is 605 g/mol. The van der Waals surface area contributed by atoms with Crippen molar-refractivity contribution in [2.24, 2.45) is 5.16 Å². The zero-order valence-corrected chi connectivity index (χ0v) is 23.5. The second-order valence-electron chi connectivity index (χ2n) is 8.50. The van der Waals surface area contributed by atoms with E-state index >= 15 is 0 Å². The van der Waals surface area contributed by atoms with Crippen LogP contribution >= 0.6 is 35.1 Å². The van der Waals surface area contributed by atoms with Crippen LogP contribution in [0.3, 0.4) is 0 Å². The molecule has 5 heterocycles. The van der Waals surface area contributed by atoms with Gasteiger partial charge in [-0.2, -0.15) is 13.8 Å². The summed E-state index contributed by atoms with van der Waals surface area (Å²) < 4.78 is 7.82. The number of anilines is 1. The van der Waals surface area contributed by atoms with Gasteiger partial charge in [-0.25, -0.2) is 4.57 Å². The average Bonchev–Trinajstić information content (AvgIpc) is 3.56. The second kappa shape index (κ2) is 11.8. The van der Waals surface area contributed by atoms with Crippen LogP contribution in [0.5, 0.6) is 0 Å². The van der Waals surface area contributed by atoms with Crippen LogP contribution in [0.1, 0.15) is 12.7 Å².